The number of rotatable bonds is 2. The zero-order valence-electron chi connectivity index (χ0n) is 10.6. The largest absolute Gasteiger partial charge is 0.281 e. The summed E-state index contributed by atoms with van der Waals surface area (Å²) in [5.41, 5.74) is 3.84. The van der Waals surface area contributed by atoms with Gasteiger partial charge in [-0.25, -0.2) is 0 Å². The summed E-state index contributed by atoms with van der Waals surface area (Å²) in [7, 11) is 0. The summed E-state index contributed by atoms with van der Waals surface area (Å²) < 4.78 is 0. The molecule has 2 aromatic carbocycles. The minimum absolute atomic E-state index is 0.321. The zero-order valence-corrected chi connectivity index (χ0v) is 10.6. The molecule has 1 nitrogen and oxygen atoms in total. The van der Waals surface area contributed by atoms with Crippen molar-refractivity contribution in [3.63, 3.8) is 0 Å². The molecule has 1 aliphatic rings. The highest BCUT2D eigenvalue weighted by atomic mass is 14.8. The smallest absolute Gasteiger partial charge is 0.0781 e. The van der Waals surface area contributed by atoms with Gasteiger partial charge in [-0.1, -0.05) is 67.6 Å². The van der Waals surface area contributed by atoms with Crippen LogP contribution in [-0.4, -0.2) is 5.71 Å². The maximum atomic E-state index is 4.93. The second-order valence-electron chi connectivity index (χ2n) is 4.98. The molecule has 0 fully saturated rings. The van der Waals surface area contributed by atoms with E-state index in [1.54, 1.807) is 0 Å². The van der Waals surface area contributed by atoms with Gasteiger partial charge in [-0.2, -0.15) is 0 Å². The number of aliphatic imine (C=N–C) groups is 1. The highest BCUT2D eigenvalue weighted by molar-refractivity contribution is 6.02. The summed E-state index contributed by atoms with van der Waals surface area (Å²) in [6.07, 6.45) is 1.07. The third-order valence-corrected chi connectivity index (χ3v) is 3.60. The predicted molar refractivity (Wildman–Crippen MR) is 75.9 cm³/mol. The third kappa shape index (κ3) is 2.08. The van der Waals surface area contributed by atoms with Gasteiger partial charge in [0.25, 0.3) is 0 Å². The van der Waals surface area contributed by atoms with Crippen molar-refractivity contribution in [2.45, 2.75) is 19.4 Å². The second-order valence-corrected chi connectivity index (χ2v) is 4.98. The van der Waals surface area contributed by atoms with Crippen LogP contribution in [0.15, 0.2) is 65.7 Å². The summed E-state index contributed by atoms with van der Waals surface area (Å²) >= 11 is 0. The van der Waals surface area contributed by atoms with Crippen LogP contribution in [0.4, 0.5) is 0 Å². The van der Waals surface area contributed by atoms with Gasteiger partial charge in [-0.15, -0.1) is 0 Å². The van der Waals surface area contributed by atoms with E-state index in [9.17, 15) is 0 Å². The molecule has 90 valence electrons. The van der Waals surface area contributed by atoms with Crippen LogP contribution in [0.1, 0.15) is 30.5 Å². The fraction of sp³-hybridized carbons (Fsp3) is 0.235. The lowest BCUT2D eigenvalue weighted by molar-refractivity contribution is 0.525. The van der Waals surface area contributed by atoms with Gasteiger partial charge in [0.15, 0.2) is 0 Å². The van der Waals surface area contributed by atoms with Gasteiger partial charge >= 0.3 is 0 Å². The molecule has 2 aromatic rings. The highest BCUT2D eigenvalue weighted by Gasteiger charge is 2.27. The molecule has 0 saturated carbocycles. The molecule has 1 heterocycles. The summed E-state index contributed by atoms with van der Waals surface area (Å²) in [4.78, 5) is 4.93. The molecular formula is C17H17N. The Hall–Kier alpha value is -1.89. The molecule has 0 bridgehead atoms. The van der Waals surface area contributed by atoms with E-state index in [1.807, 2.05) is 0 Å². The van der Waals surface area contributed by atoms with Crippen molar-refractivity contribution in [1.29, 1.82) is 0 Å². The fourth-order valence-electron chi connectivity index (χ4n) is 2.64. The monoisotopic (exact) mass is 235 g/mol. The summed E-state index contributed by atoms with van der Waals surface area (Å²) in [6, 6.07) is 21.4. The third-order valence-electron chi connectivity index (χ3n) is 3.60. The standard InChI is InChI=1S/C17H17N/c1-13-12-16(14-8-4-2-5-9-14)18-17(13)15-10-6-3-7-11-15/h2-11,13,17H,12H2,1H3. The first-order valence-corrected chi connectivity index (χ1v) is 6.51. The number of nitrogens with zero attached hydrogens (tertiary/aromatic N) is 1. The van der Waals surface area contributed by atoms with E-state index >= 15 is 0 Å². The highest BCUT2D eigenvalue weighted by Crippen LogP contribution is 2.35. The molecule has 2 unspecified atom stereocenters. The second kappa shape index (κ2) is 4.77. The van der Waals surface area contributed by atoms with Crippen LogP contribution in [0.3, 0.4) is 0 Å². The van der Waals surface area contributed by atoms with Crippen molar-refractivity contribution in [2.75, 3.05) is 0 Å². The minimum Gasteiger partial charge on any atom is -0.281 e. The van der Waals surface area contributed by atoms with E-state index in [-0.39, 0.29) is 0 Å². The van der Waals surface area contributed by atoms with Crippen LogP contribution < -0.4 is 0 Å². The number of hydrogen-bond donors (Lipinski definition) is 0. The van der Waals surface area contributed by atoms with Crippen molar-refractivity contribution in [3.05, 3.63) is 71.8 Å². The predicted octanol–water partition coefficient (Wildman–Crippen LogP) is 4.26. The Balaban J connectivity index is 1.92. The molecule has 1 aliphatic heterocycles. The first kappa shape index (κ1) is 11.2. The summed E-state index contributed by atoms with van der Waals surface area (Å²) in [5, 5.41) is 0. The number of benzene rings is 2. The van der Waals surface area contributed by atoms with Crippen molar-refractivity contribution in [1.82, 2.24) is 0 Å². The van der Waals surface area contributed by atoms with E-state index in [0.717, 1.165) is 6.42 Å². The Labute approximate surface area is 108 Å². The maximum absolute atomic E-state index is 4.93. The van der Waals surface area contributed by atoms with Gasteiger partial charge in [-0.3, -0.25) is 4.99 Å². The Kier molecular flexibility index (Phi) is 2.97. The normalized spacial score (nSPS) is 22.8. The van der Waals surface area contributed by atoms with Crippen molar-refractivity contribution >= 4 is 5.71 Å². The topological polar surface area (TPSA) is 12.4 Å². The molecule has 0 spiro atoms. The average molecular weight is 235 g/mol. The molecule has 3 rings (SSSR count). The summed E-state index contributed by atoms with van der Waals surface area (Å²) in [6.45, 7) is 2.29. The van der Waals surface area contributed by atoms with E-state index in [4.69, 9.17) is 4.99 Å². The Morgan fingerprint density at radius 1 is 0.889 bits per heavy atom. The van der Waals surface area contributed by atoms with E-state index in [1.165, 1.54) is 16.8 Å². The Morgan fingerprint density at radius 2 is 1.50 bits per heavy atom. The van der Waals surface area contributed by atoms with Crippen molar-refractivity contribution < 1.29 is 0 Å². The van der Waals surface area contributed by atoms with Gasteiger partial charge in [0.1, 0.15) is 0 Å². The molecular weight excluding hydrogens is 218 g/mol. The average Bonchev–Trinajstić information content (AvgIpc) is 2.83. The SMILES string of the molecule is CC1CC(c2ccccc2)=NC1c1ccccc1. The van der Waals surface area contributed by atoms with Crippen LogP contribution in [-0.2, 0) is 0 Å². The van der Waals surface area contributed by atoms with Gasteiger partial charge < -0.3 is 0 Å². The molecule has 0 amide bonds. The Morgan fingerprint density at radius 3 is 2.17 bits per heavy atom. The number of hydrogen-bond acceptors (Lipinski definition) is 1. The van der Waals surface area contributed by atoms with Crippen molar-refractivity contribution in [3.8, 4) is 0 Å². The van der Waals surface area contributed by atoms with Crippen LogP contribution in [0.5, 0.6) is 0 Å². The van der Waals surface area contributed by atoms with Gasteiger partial charge in [0.2, 0.25) is 0 Å². The Bertz CT molecular complexity index is 542. The molecule has 0 aliphatic carbocycles. The lowest BCUT2D eigenvalue weighted by Gasteiger charge is -2.12. The first-order valence-electron chi connectivity index (χ1n) is 6.51. The molecule has 0 radical (unpaired) electrons. The van der Waals surface area contributed by atoms with Crippen molar-refractivity contribution in [2.24, 2.45) is 10.9 Å². The van der Waals surface area contributed by atoms with E-state index < -0.39 is 0 Å². The van der Waals surface area contributed by atoms with Crippen LogP contribution in [0.25, 0.3) is 0 Å². The van der Waals surface area contributed by atoms with Crippen LogP contribution in [0, 0.1) is 5.92 Å². The van der Waals surface area contributed by atoms with Crippen LogP contribution in [0.2, 0.25) is 0 Å². The first-order chi connectivity index (χ1) is 8.84. The maximum Gasteiger partial charge on any atom is 0.0781 e. The lowest BCUT2D eigenvalue weighted by Crippen LogP contribution is -2.02. The molecule has 18 heavy (non-hydrogen) atoms. The lowest BCUT2D eigenvalue weighted by atomic mass is 9.93. The molecule has 0 aromatic heterocycles. The van der Waals surface area contributed by atoms with E-state index in [2.05, 4.69) is 67.6 Å². The summed E-state index contributed by atoms with van der Waals surface area (Å²) in [5.74, 6) is 0.586. The van der Waals surface area contributed by atoms with Gasteiger partial charge in [0, 0.05) is 5.71 Å². The quantitative estimate of drug-likeness (QED) is 0.737. The van der Waals surface area contributed by atoms with E-state index in [0.29, 0.717) is 12.0 Å². The molecule has 1 heteroatoms. The van der Waals surface area contributed by atoms with Gasteiger partial charge in [-0.05, 0) is 23.5 Å². The van der Waals surface area contributed by atoms with Crippen LogP contribution >= 0.6 is 0 Å². The zero-order chi connectivity index (χ0) is 12.4. The minimum atomic E-state index is 0.321. The molecule has 0 N–H and O–H groups in total. The molecule has 0 saturated heterocycles. The van der Waals surface area contributed by atoms with Gasteiger partial charge in [0.05, 0.1) is 6.04 Å². The fourth-order valence-corrected chi connectivity index (χ4v) is 2.64. The molecule has 2 atom stereocenters.